The van der Waals surface area contributed by atoms with Crippen LogP contribution in [0.2, 0.25) is 0 Å². The summed E-state index contributed by atoms with van der Waals surface area (Å²) in [7, 11) is 1.45. The van der Waals surface area contributed by atoms with Crippen molar-refractivity contribution in [2.45, 2.75) is 19.4 Å². The second kappa shape index (κ2) is 7.25. The van der Waals surface area contributed by atoms with Gasteiger partial charge in [0.1, 0.15) is 6.33 Å². The van der Waals surface area contributed by atoms with Gasteiger partial charge in [-0.2, -0.15) is 0 Å². The quantitative estimate of drug-likeness (QED) is 0.703. The Labute approximate surface area is 152 Å². The number of methoxy groups -OCH3 is 1. The molecule has 2 heterocycles. The van der Waals surface area contributed by atoms with Crippen molar-refractivity contribution in [3.8, 4) is 22.8 Å². The zero-order valence-electron chi connectivity index (χ0n) is 14.7. The summed E-state index contributed by atoms with van der Waals surface area (Å²) in [4.78, 5) is 6.86. The van der Waals surface area contributed by atoms with Crippen LogP contribution in [0, 0.1) is 5.82 Å². The minimum absolute atomic E-state index is 0.212. The molecule has 0 amide bonds. The molecule has 5 nitrogen and oxygen atoms in total. The molecule has 3 aromatic rings. The predicted octanol–water partition coefficient (Wildman–Crippen LogP) is 3.68. The van der Waals surface area contributed by atoms with E-state index < -0.39 is 5.82 Å². The van der Waals surface area contributed by atoms with Crippen LogP contribution in [0.15, 0.2) is 48.8 Å². The van der Waals surface area contributed by atoms with E-state index in [-0.39, 0.29) is 5.75 Å². The Kier molecular flexibility index (Phi) is 4.67. The maximum Gasteiger partial charge on any atom is 0.181 e. The van der Waals surface area contributed by atoms with Gasteiger partial charge in [0, 0.05) is 18.2 Å². The first kappa shape index (κ1) is 16.7. The third kappa shape index (κ3) is 3.46. The summed E-state index contributed by atoms with van der Waals surface area (Å²) < 4.78 is 20.4. The van der Waals surface area contributed by atoms with Gasteiger partial charge in [0.2, 0.25) is 0 Å². The monoisotopic (exact) mass is 352 g/mol. The van der Waals surface area contributed by atoms with Gasteiger partial charge >= 0.3 is 0 Å². The Bertz CT molecular complexity index is 902. The van der Waals surface area contributed by atoms with Crippen LogP contribution in [0.25, 0.3) is 17.1 Å². The van der Waals surface area contributed by atoms with Gasteiger partial charge in [0.15, 0.2) is 17.4 Å². The third-order valence-corrected chi connectivity index (χ3v) is 4.68. The lowest BCUT2D eigenvalue weighted by molar-refractivity contribution is 0.331. The average Bonchev–Trinajstić information content (AvgIpc) is 3.34. The zero-order valence-corrected chi connectivity index (χ0v) is 14.7. The summed E-state index contributed by atoms with van der Waals surface area (Å²) in [5.41, 5.74) is 2.83. The molecule has 0 bridgehead atoms. The van der Waals surface area contributed by atoms with Crippen molar-refractivity contribution in [2.75, 3.05) is 20.2 Å². The van der Waals surface area contributed by atoms with Crippen molar-refractivity contribution in [3.05, 3.63) is 60.2 Å². The van der Waals surface area contributed by atoms with Crippen molar-refractivity contribution < 1.29 is 9.13 Å². The molecule has 4 rings (SSSR count). The first-order valence-electron chi connectivity index (χ1n) is 8.80. The normalized spacial score (nSPS) is 14.7. The molecule has 0 spiro atoms. The Hall–Kier alpha value is -2.73. The lowest BCUT2D eigenvalue weighted by Gasteiger charge is -2.14. The number of likely N-dealkylation sites (tertiary alicyclic amines) is 1. The highest BCUT2D eigenvalue weighted by atomic mass is 19.1. The standard InChI is InChI=1S/C20H21FN4O/c1-26-19-8-7-17(12-18(19)21)25-14-22-20(23-25)16-6-4-5-15(11-16)13-24-9-2-3-10-24/h4-8,11-12,14H,2-3,9-10,13H2,1H3. The predicted molar refractivity (Wildman–Crippen MR) is 97.8 cm³/mol. The fourth-order valence-electron chi connectivity index (χ4n) is 3.33. The van der Waals surface area contributed by atoms with E-state index in [2.05, 4.69) is 27.1 Å². The van der Waals surface area contributed by atoms with Crippen LogP contribution in [0.3, 0.4) is 0 Å². The van der Waals surface area contributed by atoms with E-state index in [1.165, 1.54) is 44.7 Å². The molecular formula is C20H21FN4O. The Morgan fingerprint density at radius 2 is 1.96 bits per heavy atom. The molecule has 0 saturated carbocycles. The fourth-order valence-corrected chi connectivity index (χ4v) is 3.33. The van der Waals surface area contributed by atoms with Gasteiger partial charge in [-0.05, 0) is 49.7 Å². The van der Waals surface area contributed by atoms with Crippen LogP contribution in [-0.4, -0.2) is 39.9 Å². The number of aromatic nitrogens is 3. The fraction of sp³-hybridized carbons (Fsp3) is 0.300. The van der Waals surface area contributed by atoms with E-state index in [0.29, 0.717) is 11.5 Å². The second-order valence-corrected chi connectivity index (χ2v) is 6.52. The minimum Gasteiger partial charge on any atom is -0.494 e. The second-order valence-electron chi connectivity index (χ2n) is 6.52. The average molecular weight is 352 g/mol. The Morgan fingerprint density at radius 3 is 2.73 bits per heavy atom. The molecule has 0 radical (unpaired) electrons. The van der Waals surface area contributed by atoms with Crippen molar-refractivity contribution >= 4 is 0 Å². The Balaban J connectivity index is 1.56. The number of nitrogens with zero attached hydrogens (tertiary/aromatic N) is 4. The van der Waals surface area contributed by atoms with Gasteiger partial charge < -0.3 is 4.74 Å². The van der Waals surface area contributed by atoms with E-state index in [4.69, 9.17) is 4.74 Å². The van der Waals surface area contributed by atoms with Crippen LogP contribution in [0.1, 0.15) is 18.4 Å². The molecule has 2 aromatic carbocycles. The van der Waals surface area contributed by atoms with E-state index in [1.807, 2.05) is 12.1 Å². The highest BCUT2D eigenvalue weighted by molar-refractivity contribution is 5.56. The van der Waals surface area contributed by atoms with E-state index in [0.717, 1.165) is 12.1 Å². The largest absolute Gasteiger partial charge is 0.494 e. The van der Waals surface area contributed by atoms with E-state index in [9.17, 15) is 4.39 Å². The third-order valence-electron chi connectivity index (χ3n) is 4.68. The van der Waals surface area contributed by atoms with Gasteiger partial charge in [-0.1, -0.05) is 18.2 Å². The molecule has 1 fully saturated rings. The summed E-state index contributed by atoms with van der Waals surface area (Å²) in [5.74, 6) is 0.419. The van der Waals surface area contributed by atoms with Crippen LogP contribution in [0.5, 0.6) is 5.75 Å². The molecular weight excluding hydrogens is 331 g/mol. The lowest BCUT2D eigenvalue weighted by Crippen LogP contribution is -2.18. The van der Waals surface area contributed by atoms with Crippen LogP contribution in [-0.2, 0) is 6.54 Å². The van der Waals surface area contributed by atoms with Crippen LogP contribution >= 0.6 is 0 Å². The van der Waals surface area contributed by atoms with Gasteiger partial charge in [-0.25, -0.2) is 14.1 Å². The molecule has 0 unspecified atom stereocenters. The smallest absolute Gasteiger partial charge is 0.181 e. The highest BCUT2D eigenvalue weighted by Crippen LogP contribution is 2.22. The molecule has 6 heteroatoms. The molecule has 1 aliphatic rings. The van der Waals surface area contributed by atoms with Crippen LogP contribution in [0.4, 0.5) is 4.39 Å². The summed E-state index contributed by atoms with van der Waals surface area (Å²) >= 11 is 0. The molecule has 1 aromatic heterocycles. The number of rotatable bonds is 5. The summed E-state index contributed by atoms with van der Waals surface area (Å²) in [6.45, 7) is 3.29. The molecule has 0 N–H and O–H groups in total. The van der Waals surface area contributed by atoms with Crippen LogP contribution < -0.4 is 4.74 Å². The number of ether oxygens (including phenoxy) is 1. The maximum absolute atomic E-state index is 13.9. The van der Waals surface area contributed by atoms with Gasteiger partial charge in [0.25, 0.3) is 0 Å². The van der Waals surface area contributed by atoms with Crippen molar-refractivity contribution in [1.29, 1.82) is 0 Å². The van der Waals surface area contributed by atoms with Gasteiger partial charge in [0.05, 0.1) is 12.8 Å². The molecule has 134 valence electrons. The Morgan fingerprint density at radius 1 is 1.12 bits per heavy atom. The highest BCUT2D eigenvalue weighted by Gasteiger charge is 2.13. The number of benzene rings is 2. The topological polar surface area (TPSA) is 43.2 Å². The van der Waals surface area contributed by atoms with E-state index in [1.54, 1.807) is 23.1 Å². The van der Waals surface area contributed by atoms with Gasteiger partial charge in [-0.3, -0.25) is 4.90 Å². The molecule has 1 aliphatic heterocycles. The number of hydrogen-bond donors (Lipinski definition) is 0. The first-order chi connectivity index (χ1) is 12.7. The lowest BCUT2D eigenvalue weighted by atomic mass is 10.1. The van der Waals surface area contributed by atoms with Crippen molar-refractivity contribution in [3.63, 3.8) is 0 Å². The van der Waals surface area contributed by atoms with Crippen molar-refractivity contribution in [2.24, 2.45) is 0 Å². The molecule has 26 heavy (non-hydrogen) atoms. The molecule has 1 saturated heterocycles. The molecule has 0 aliphatic carbocycles. The summed E-state index contributed by atoms with van der Waals surface area (Å²) in [5, 5.41) is 4.50. The van der Waals surface area contributed by atoms with Crippen molar-refractivity contribution in [1.82, 2.24) is 19.7 Å². The minimum atomic E-state index is -0.422. The van der Waals surface area contributed by atoms with E-state index >= 15 is 0 Å². The zero-order chi connectivity index (χ0) is 17.9. The first-order valence-corrected chi connectivity index (χ1v) is 8.80. The SMILES string of the molecule is COc1ccc(-n2cnc(-c3cccc(CN4CCCC4)c3)n2)cc1F. The van der Waals surface area contributed by atoms with Gasteiger partial charge in [-0.15, -0.1) is 5.10 Å². The summed E-state index contributed by atoms with van der Waals surface area (Å²) in [6.07, 6.45) is 4.16. The number of hydrogen-bond acceptors (Lipinski definition) is 4. The maximum atomic E-state index is 13.9. The molecule has 0 atom stereocenters. The summed E-state index contributed by atoms with van der Waals surface area (Å²) in [6, 6.07) is 13.0. The number of halogens is 1.